The Balaban J connectivity index is 2.60. The van der Waals surface area contributed by atoms with Crippen LogP contribution in [-0.4, -0.2) is 47.6 Å². The molecule has 1 aromatic rings. The van der Waals surface area contributed by atoms with E-state index in [4.69, 9.17) is 0 Å². The lowest BCUT2D eigenvalue weighted by Gasteiger charge is -2.23. The number of nitrogens with zero attached hydrogens (tertiary/aromatic N) is 3. The SMILES string of the molecule is CCCc1nc(NCC)cc(NCCN(C)C(C)CC)n1. The maximum Gasteiger partial charge on any atom is 0.133 e. The molecule has 1 heterocycles. The van der Waals surface area contributed by atoms with Gasteiger partial charge in [-0.05, 0) is 33.7 Å². The second kappa shape index (κ2) is 9.55. The summed E-state index contributed by atoms with van der Waals surface area (Å²) in [7, 11) is 2.17. The van der Waals surface area contributed by atoms with Gasteiger partial charge in [-0.3, -0.25) is 0 Å². The number of nitrogens with one attached hydrogen (secondary N) is 2. The Morgan fingerprint density at radius 2 is 1.81 bits per heavy atom. The van der Waals surface area contributed by atoms with Crippen molar-refractivity contribution in [3.63, 3.8) is 0 Å². The summed E-state index contributed by atoms with van der Waals surface area (Å²) < 4.78 is 0. The highest BCUT2D eigenvalue weighted by Crippen LogP contribution is 2.12. The molecule has 0 fully saturated rings. The van der Waals surface area contributed by atoms with Gasteiger partial charge in [-0.1, -0.05) is 13.8 Å². The molecule has 2 N–H and O–H groups in total. The summed E-state index contributed by atoms with van der Waals surface area (Å²) >= 11 is 0. The van der Waals surface area contributed by atoms with Gasteiger partial charge in [0.05, 0.1) is 0 Å². The molecule has 0 amide bonds. The van der Waals surface area contributed by atoms with E-state index in [2.05, 4.69) is 60.2 Å². The quantitative estimate of drug-likeness (QED) is 0.694. The molecule has 0 aliphatic heterocycles. The fraction of sp³-hybridized carbons (Fsp3) is 0.750. The summed E-state index contributed by atoms with van der Waals surface area (Å²) in [5.74, 6) is 2.74. The van der Waals surface area contributed by atoms with Crippen LogP contribution in [0.15, 0.2) is 6.07 Å². The summed E-state index contributed by atoms with van der Waals surface area (Å²) in [6.07, 6.45) is 3.15. The van der Waals surface area contributed by atoms with E-state index in [9.17, 15) is 0 Å². The second-order valence-electron chi connectivity index (χ2n) is 5.50. The Kier molecular flexibility index (Phi) is 8.05. The van der Waals surface area contributed by atoms with Crippen LogP contribution in [-0.2, 0) is 6.42 Å². The minimum absolute atomic E-state index is 0.616. The van der Waals surface area contributed by atoms with Crippen LogP contribution in [0, 0.1) is 0 Å². The Labute approximate surface area is 129 Å². The number of hydrogen-bond acceptors (Lipinski definition) is 5. The summed E-state index contributed by atoms with van der Waals surface area (Å²) in [5.41, 5.74) is 0. The predicted molar refractivity (Wildman–Crippen MR) is 91.1 cm³/mol. The van der Waals surface area contributed by atoms with Crippen molar-refractivity contribution in [3.05, 3.63) is 11.9 Å². The summed E-state index contributed by atoms with van der Waals surface area (Å²) in [4.78, 5) is 11.5. The summed E-state index contributed by atoms with van der Waals surface area (Å²) in [5, 5.41) is 6.69. The molecule has 0 aliphatic rings. The highest BCUT2D eigenvalue weighted by molar-refractivity contribution is 5.47. The maximum absolute atomic E-state index is 4.59. The highest BCUT2D eigenvalue weighted by Gasteiger charge is 2.07. The van der Waals surface area contributed by atoms with Gasteiger partial charge in [0.25, 0.3) is 0 Å². The standard InChI is InChI=1S/C16H31N5/c1-6-9-14-19-15(17-8-3)12-16(20-14)18-10-11-21(5)13(4)7-2/h12-13H,6-11H2,1-5H3,(H2,17,18,19,20). The Hall–Kier alpha value is -1.36. The van der Waals surface area contributed by atoms with Crippen molar-refractivity contribution >= 4 is 11.6 Å². The van der Waals surface area contributed by atoms with Crippen LogP contribution in [0.3, 0.4) is 0 Å². The van der Waals surface area contributed by atoms with Gasteiger partial charge in [0, 0.05) is 38.2 Å². The molecule has 120 valence electrons. The molecule has 21 heavy (non-hydrogen) atoms. The monoisotopic (exact) mass is 293 g/mol. The fourth-order valence-corrected chi connectivity index (χ4v) is 2.09. The van der Waals surface area contributed by atoms with Gasteiger partial charge in [-0.25, -0.2) is 9.97 Å². The van der Waals surface area contributed by atoms with Gasteiger partial charge in [-0.2, -0.15) is 0 Å². The minimum atomic E-state index is 0.616. The van der Waals surface area contributed by atoms with Gasteiger partial charge in [0.15, 0.2) is 0 Å². The van der Waals surface area contributed by atoms with E-state index >= 15 is 0 Å². The van der Waals surface area contributed by atoms with Crippen LogP contribution in [0.2, 0.25) is 0 Å². The predicted octanol–water partition coefficient (Wildman–Crippen LogP) is 3.00. The lowest BCUT2D eigenvalue weighted by Crippen LogP contribution is -2.32. The van der Waals surface area contributed by atoms with Crippen LogP contribution in [0.25, 0.3) is 0 Å². The van der Waals surface area contributed by atoms with Crippen LogP contribution in [0.1, 0.15) is 46.4 Å². The third-order valence-corrected chi connectivity index (χ3v) is 3.72. The van der Waals surface area contributed by atoms with Crippen LogP contribution in [0.4, 0.5) is 11.6 Å². The van der Waals surface area contributed by atoms with E-state index in [1.165, 1.54) is 6.42 Å². The van der Waals surface area contributed by atoms with Gasteiger partial charge in [-0.15, -0.1) is 0 Å². The van der Waals surface area contributed by atoms with Crippen molar-refractivity contribution in [2.24, 2.45) is 0 Å². The number of aryl methyl sites for hydroxylation is 1. The van der Waals surface area contributed by atoms with E-state index in [0.717, 1.165) is 49.9 Å². The molecule has 1 unspecified atom stereocenters. The first-order valence-corrected chi connectivity index (χ1v) is 8.16. The maximum atomic E-state index is 4.59. The zero-order valence-corrected chi connectivity index (χ0v) is 14.2. The molecule has 5 heteroatoms. The number of likely N-dealkylation sites (N-methyl/N-ethyl adjacent to an activating group) is 1. The van der Waals surface area contributed by atoms with Crippen molar-refractivity contribution in [1.29, 1.82) is 0 Å². The van der Waals surface area contributed by atoms with E-state index in [-0.39, 0.29) is 0 Å². The smallest absolute Gasteiger partial charge is 0.133 e. The highest BCUT2D eigenvalue weighted by atomic mass is 15.1. The number of rotatable bonds is 10. The van der Waals surface area contributed by atoms with Crippen molar-refractivity contribution in [1.82, 2.24) is 14.9 Å². The summed E-state index contributed by atoms with van der Waals surface area (Å²) in [6, 6.07) is 2.61. The molecule has 0 saturated heterocycles. The topological polar surface area (TPSA) is 53.1 Å². The molecule has 5 nitrogen and oxygen atoms in total. The molecule has 1 atom stereocenters. The molecule has 0 saturated carbocycles. The third-order valence-electron chi connectivity index (χ3n) is 3.72. The average molecular weight is 293 g/mol. The molecule has 0 aliphatic carbocycles. The first kappa shape index (κ1) is 17.7. The second-order valence-corrected chi connectivity index (χ2v) is 5.50. The molecule has 0 bridgehead atoms. The van der Waals surface area contributed by atoms with Gasteiger partial charge in [0.2, 0.25) is 0 Å². The van der Waals surface area contributed by atoms with Crippen molar-refractivity contribution in [2.75, 3.05) is 37.3 Å². The first-order valence-electron chi connectivity index (χ1n) is 8.16. The normalized spacial score (nSPS) is 12.5. The van der Waals surface area contributed by atoms with Crippen LogP contribution >= 0.6 is 0 Å². The molecule has 1 rings (SSSR count). The zero-order valence-electron chi connectivity index (χ0n) is 14.2. The zero-order chi connectivity index (χ0) is 15.7. The first-order chi connectivity index (χ1) is 10.1. The Morgan fingerprint density at radius 3 is 2.38 bits per heavy atom. The lowest BCUT2D eigenvalue weighted by atomic mass is 10.2. The number of hydrogen-bond donors (Lipinski definition) is 2. The van der Waals surface area contributed by atoms with E-state index < -0.39 is 0 Å². The van der Waals surface area contributed by atoms with Crippen molar-refractivity contribution in [3.8, 4) is 0 Å². The van der Waals surface area contributed by atoms with E-state index in [1.54, 1.807) is 0 Å². The fourth-order valence-electron chi connectivity index (χ4n) is 2.09. The largest absolute Gasteiger partial charge is 0.370 e. The molecule has 0 spiro atoms. The third kappa shape index (κ3) is 6.29. The van der Waals surface area contributed by atoms with Crippen molar-refractivity contribution in [2.45, 2.75) is 53.0 Å². The van der Waals surface area contributed by atoms with Crippen molar-refractivity contribution < 1.29 is 0 Å². The molecular formula is C16H31N5. The molecule has 1 aromatic heterocycles. The van der Waals surface area contributed by atoms with Gasteiger partial charge >= 0.3 is 0 Å². The number of aromatic nitrogens is 2. The van der Waals surface area contributed by atoms with E-state index in [1.807, 2.05) is 6.07 Å². The summed E-state index contributed by atoms with van der Waals surface area (Å²) in [6.45, 7) is 11.5. The van der Waals surface area contributed by atoms with Crippen LogP contribution < -0.4 is 10.6 Å². The number of anilines is 2. The van der Waals surface area contributed by atoms with Crippen LogP contribution in [0.5, 0.6) is 0 Å². The molecule has 0 radical (unpaired) electrons. The molecule has 0 aromatic carbocycles. The van der Waals surface area contributed by atoms with Gasteiger partial charge in [0.1, 0.15) is 17.5 Å². The average Bonchev–Trinajstić information content (AvgIpc) is 2.46. The van der Waals surface area contributed by atoms with Gasteiger partial charge < -0.3 is 15.5 Å². The molecular weight excluding hydrogens is 262 g/mol. The Morgan fingerprint density at radius 1 is 1.14 bits per heavy atom. The Bertz CT molecular complexity index is 383. The van der Waals surface area contributed by atoms with E-state index in [0.29, 0.717) is 6.04 Å². The minimum Gasteiger partial charge on any atom is -0.370 e. The lowest BCUT2D eigenvalue weighted by molar-refractivity contribution is 0.261.